The lowest BCUT2D eigenvalue weighted by Crippen LogP contribution is -2.38. The van der Waals surface area contributed by atoms with E-state index in [0.29, 0.717) is 6.42 Å². The van der Waals surface area contributed by atoms with E-state index in [1.807, 2.05) is 44.2 Å². The summed E-state index contributed by atoms with van der Waals surface area (Å²) in [6.07, 6.45) is 3.82. The quantitative estimate of drug-likeness (QED) is 0.808. The second-order valence-corrected chi connectivity index (χ2v) is 5.99. The van der Waals surface area contributed by atoms with Gasteiger partial charge in [-0.05, 0) is 42.7 Å². The fourth-order valence-electron chi connectivity index (χ4n) is 2.75. The topological polar surface area (TPSA) is 83.1 Å². The van der Waals surface area contributed by atoms with Gasteiger partial charge in [0.2, 0.25) is 5.91 Å². The van der Waals surface area contributed by atoms with Crippen LogP contribution in [0.5, 0.6) is 0 Å². The molecule has 0 saturated carbocycles. The number of fused-ring (bicyclic) bond motifs is 1. The van der Waals surface area contributed by atoms with Gasteiger partial charge in [0.05, 0.1) is 18.5 Å². The summed E-state index contributed by atoms with van der Waals surface area (Å²) in [4.78, 5) is 27.7. The van der Waals surface area contributed by atoms with Crippen LogP contribution < -0.4 is 16.0 Å². The van der Waals surface area contributed by atoms with Crippen molar-refractivity contribution in [3.05, 3.63) is 59.4 Å². The molecule has 2 heterocycles. The standard InChI is InChI=1S/C18H20N4O2/c1-11(13-5-6-16-15(8-13)9-17(23)22-16)20-18(24)21-12(2)14-4-3-7-19-10-14/h3-8,10-12H,9H2,1-2H3,(H,22,23)(H2,20,21,24)/t11-,12+/m1/s1. The summed E-state index contributed by atoms with van der Waals surface area (Å²) in [5.41, 5.74) is 3.73. The van der Waals surface area contributed by atoms with Crippen LogP contribution in [0.1, 0.15) is 42.6 Å². The van der Waals surface area contributed by atoms with Gasteiger partial charge in [0.15, 0.2) is 0 Å². The van der Waals surface area contributed by atoms with Gasteiger partial charge < -0.3 is 16.0 Å². The van der Waals surface area contributed by atoms with Crippen LogP contribution in [0.25, 0.3) is 0 Å². The zero-order valence-electron chi connectivity index (χ0n) is 13.7. The van der Waals surface area contributed by atoms with Crippen LogP contribution in [0, 0.1) is 0 Å². The van der Waals surface area contributed by atoms with Gasteiger partial charge in [-0.1, -0.05) is 18.2 Å². The van der Waals surface area contributed by atoms with Crippen molar-refractivity contribution in [2.24, 2.45) is 0 Å². The summed E-state index contributed by atoms with van der Waals surface area (Å²) in [5.74, 6) is 0.00537. The van der Waals surface area contributed by atoms with Crippen LogP contribution in [0.2, 0.25) is 0 Å². The highest BCUT2D eigenvalue weighted by Crippen LogP contribution is 2.26. The third-order valence-electron chi connectivity index (χ3n) is 4.13. The average molecular weight is 324 g/mol. The minimum Gasteiger partial charge on any atom is -0.332 e. The average Bonchev–Trinajstić information content (AvgIpc) is 2.94. The van der Waals surface area contributed by atoms with E-state index in [0.717, 1.165) is 22.4 Å². The van der Waals surface area contributed by atoms with Crippen molar-refractivity contribution in [3.63, 3.8) is 0 Å². The molecule has 2 aromatic rings. The van der Waals surface area contributed by atoms with Crippen molar-refractivity contribution in [2.45, 2.75) is 32.4 Å². The Labute approximate surface area is 140 Å². The number of benzene rings is 1. The highest BCUT2D eigenvalue weighted by Gasteiger charge is 2.19. The predicted molar refractivity (Wildman–Crippen MR) is 91.5 cm³/mol. The molecule has 24 heavy (non-hydrogen) atoms. The fourth-order valence-corrected chi connectivity index (χ4v) is 2.75. The molecule has 1 aliphatic heterocycles. The van der Waals surface area contributed by atoms with Crippen LogP contribution in [0.4, 0.5) is 10.5 Å². The maximum atomic E-state index is 12.2. The Hall–Kier alpha value is -2.89. The Balaban J connectivity index is 1.60. The van der Waals surface area contributed by atoms with E-state index in [2.05, 4.69) is 20.9 Å². The van der Waals surface area contributed by atoms with Gasteiger partial charge in [-0.15, -0.1) is 0 Å². The van der Waals surface area contributed by atoms with E-state index in [9.17, 15) is 9.59 Å². The Bertz CT molecular complexity index is 761. The Morgan fingerprint density at radius 2 is 1.92 bits per heavy atom. The summed E-state index contributed by atoms with van der Waals surface area (Å²) in [6.45, 7) is 3.83. The number of carbonyl (C=O) groups is 2. The van der Waals surface area contributed by atoms with Crippen molar-refractivity contribution < 1.29 is 9.59 Å². The molecular weight excluding hydrogens is 304 g/mol. The molecule has 0 unspecified atom stereocenters. The minimum atomic E-state index is -0.242. The highest BCUT2D eigenvalue weighted by atomic mass is 16.2. The smallest absolute Gasteiger partial charge is 0.315 e. The fraction of sp³-hybridized carbons (Fsp3) is 0.278. The van der Waals surface area contributed by atoms with Crippen molar-refractivity contribution >= 4 is 17.6 Å². The number of hydrogen-bond acceptors (Lipinski definition) is 3. The predicted octanol–water partition coefficient (Wildman–Crippen LogP) is 2.70. The zero-order valence-corrected chi connectivity index (χ0v) is 13.7. The van der Waals surface area contributed by atoms with Gasteiger partial charge in [-0.3, -0.25) is 9.78 Å². The number of anilines is 1. The molecule has 1 aromatic carbocycles. The molecule has 3 amide bonds. The monoisotopic (exact) mass is 324 g/mol. The van der Waals surface area contributed by atoms with E-state index in [1.54, 1.807) is 12.4 Å². The summed E-state index contributed by atoms with van der Waals surface area (Å²) < 4.78 is 0. The number of pyridine rings is 1. The van der Waals surface area contributed by atoms with Gasteiger partial charge in [-0.25, -0.2) is 4.79 Å². The number of carbonyl (C=O) groups excluding carboxylic acids is 2. The molecule has 0 radical (unpaired) electrons. The first kappa shape index (κ1) is 16.0. The van der Waals surface area contributed by atoms with Gasteiger partial charge >= 0.3 is 6.03 Å². The molecule has 0 fully saturated rings. The molecule has 0 bridgehead atoms. The van der Waals surface area contributed by atoms with Gasteiger partial charge in [0, 0.05) is 18.1 Å². The maximum absolute atomic E-state index is 12.2. The van der Waals surface area contributed by atoms with Gasteiger partial charge in [0.25, 0.3) is 0 Å². The van der Waals surface area contributed by atoms with Crippen LogP contribution in [0.15, 0.2) is 42.7 Å². The maximum Gasteiger partial charge on any atom is 0.315 e. The summed E-state index contributed by atoms with van der Waals surface area (Å²) in [6, 6.07) is 8.99. The second-order valence-electron chi connectivity index (χ2n) is 5.99. The SMILES string of the molecule is C[C@H](NC(=O)N[C@H](C)c1ccc2c(c1)CC(=O)N2)c1cccnc1. The Morgan fingerprint density at radius 3 is 2.62 bits per heavy atom. The lowest BCUT2D eigenvalue weighted by Gasteiger charge is -2.19. The molecule has 6 heteroatoms. The van der Waals surface area contributed by atoms with E-state index in [1.165, 1.54) is 0 Å². The third-order valence-corrected chi connectivity index (χ3v) is 4.13. The molecule has 0 spiro atoms. The highest BCUT2D eigenvalue weighted by molar-refractivity contribution is 5.99. The lowest BCUT2D eigenvalue weighted by molar-refractivity contribution is -0.115. The van der Waals surface area contributed by atoms with E-state index >= 15 is 0 Å². The molecule has 1 aliphatic rings. The van der Waals surface area contributed by atoms with Crippen molar-refractivity contribution in [1.29, 1.82) is 0 Å². The molecular formula is C18H20N4O2. The number of aromatic nitrogens is 1. The van der Waals surface area contributed by atoms with Crippen LogP contribution in [-0.2, 0) is 11.2 Å². The normalized spacial score (nSPS) is 15.2. The van der Waals surface area contributed by atoms with Crippen LogP contribution in [0.3, 0.4) is 0 Å². The molecule has 2 atom stereocenters. The number of rotatable bonds is 4. The van der Waals surface area contributed by atoms with Gasteiger partial charge in [0.1, 0.15) is 0 Å². The molecule has 3 rings (SSSR count). The minimum absolute atomic E-state index is 0.00537. The molecule has 1 aromatic heterocycles. The second kappa shape index (κ2) is 6.70. The zero-order chi connectivity index (χ0) is 17.1. The van der Waals surface area contributed by atoms with E-state index < -0.39 is 0 Å². The molecule has 0 saturated heterocycles. The summed E-state index contributed by atoms with van der Waals surface area (Å²) >= 11 is 0. The number of nitrogens with one attached hydrogen (secondary N) is 3. The molecule has 6 nitrogen and oxygen atoms in total. The van der Waals surface area contributed by atoms with Gasteiger partial charge in [-0.2, -0.15) is 0 Å². The molecule has 3 N–H and O–H groups in total. The number of hydrogen-bond donors (Lipinski definition) is 3. The number of urea groups is 1. The van der Waals surface area contributed by atoms with E-state index in [4.69, 9.17) is 0 Å². The first-order valence-corrected chi connectivity index (χ1v) is 7.92. The summed E-state index contributed by atoms with van der Waals surface area (Å²) in [5, 5.41) is 8.63. The van der Waals surface area contributed by atoms with Crippen molar-refractivity contribution in [2.75, 3.05) is 5.32 Å². The Morgan fingerprint density at radius 1 is 1.17 bits per heavy atom. The van der Waals surface area contributed by atoms with E-state index in [-0.39, 0.29) is 24.0 Å². The molecule has 0 aliphatic carbocycles. The Kier molecular flexibility index (Phi) is 4.46. The van der Waals surface area contributed by atoms with Crippen LogP contribution in [-0.4, -0.2) is 16.9 Å². The lowest BCUT2D eigenvalue weighted by atomic mass is 10.0. The number of amides is 3. The largest absolute Gasteiger partial charge is 0.332 e. The number of nitrogens with zero attached hydrogens (tertiary/aromatic N) is 1. The third kappa shape index (κ3) is 3.53. The first-order valence-electron chi connectivity index (χ1n) is 7.92. The van der Waals surface area contributed by atoms with Crippen molar-refractivity contribution in [3.8, 4) is 0 Å². The summed E-state index contributed by atoms with van der Waals surface area (Å²) in [7, 11) is 0. The van der Waals surface area contributed by atoms with Crippen molar-refractivity contribution in [1.82, 2.24) is 15.6 Å². The van der Waals surface area contributed by atoms with Crippen LogP contribution >= 0.6 is 0 Å². The first-order chi connectivity index (χ1) is 11.5. The molecule has 124 valence electrons.